The average molecular weight is 569 g/mol. The van der Waals surface area contributed by atoms with Crippen molar-refractivity contribution in [2.45, 2.75) is 78.9 Å². The zero-order valence-electron chi connectivity index (χ0n) is 24.4. The Kier molecular flexibility index (Phi) is 10.2. The molecule has 1 fully saturated rings. The number of halogens is 1. The number of nitrogens with zero attached hydrogens (tertiary/aromatic N) is 2. The summed E-state index contributed by atoms with van der Waals surface area (Å²) in [6, 6.07) is 4.18. The molecule has 3 rings (SSSR count). The number of carbonyl (C=O) groups excluding carboxylic acids is 4. The number of carbonyl (C=O) groups is 4. The second kappa shape index (κ2) is 13.2. The Hall–Kier alpha value is -3.86. The summed E-state index contributed by atoms with van der Waals surface area (Å²) in [5.74, 6) is -3.60. The summed E-state index contributed by atoms with van der Waals surface area (Å²) in [4.78, 5) is 54.8. The number of amides is 3. The van der Waals surface area contributed by atoms with Crippen LogP contribution in [0.1, 0.15) is 65.6 Å². The first-order chi connectivity index (χ1) is 19.2. The van der Waals surface area contributed by atoms with E-state index in [0.717, 1.165) is 5.69 Å². The molecule has 1 aliphatic rings. The Bertz CT molecular complexity index is 1340. The van der Waals surface area contributed by atoms with Crippen molar-refractivity contribution in [3.8, 4) is 0 Å². The van der Waals surface area contributed by atoms with Crippen LogP contribution in [0.5, 0.6) is 0 Å². The highest BCUT2D eigenvalue weighted by Gasteiger charge is 2.34. The molecule has 0 saturated carbocycles. The SMILES string of the molecule is CCc1ccc2ccc(/C=C/C(C)(C)C(=O)N[C@H](C(=O)NC(C)C(=O)N3CCC[C@@H](C(=O)[O-])N3)C(C)C)c(F)c2n1. The van der Waals surface area contributed by atoms with Crippen molar-refractivity contribution in [3.05, 3.63) is 47.4 Å². The molecule has 1 unspecified atom stereocenters. The summed E-state index contributed by atoms with van der Waals surface area (Å²) < 4.78 is 15.2. The summed E-state index contributed by atoms with van der Waals surface area (Å²) >= 11 is 0. The molecule has 0 spiro atoms. The summed E-state index contributed by atoms with van der Waals surface area (Å²) in [6.45, 7) is 10.6. The number of pyridine rings is 1. The third-order valence-electron chi connectivity index (χ3n) is 7.22. The van der Waals surface area contributed by atoms with Crippen LogP contribution in [-0.2, 0) is 25.6 Å². The fourth-order valence-corrected chi connectivity index (χ4v) is 4.49. The Morgan fingerprint density at radius 3 is 2.49 bits per heavy atom. The van der Waals surface area contributed by atoms with E-state index in [4.69, 9.17) is 0 Å². The van der Waals surface area contributed by atoms with E-state index < -0.39 is 53.0 Å². The lowest BCUT2D eigenvalue weighted by Gasteiger charge is -2.36. The molecule has 10 nitrogen and oxygen atoms in total. The average Bonchev–Trinajstić information content (AvgIpc) is 2.94. The maximum absolute atomic E-state index is 15.2. The molecule has 2 aromatic rings. The molecular weight excluding hydrogens is 529 g/mol. The van der Waals surface area contributed by atoms with Gasteiger partial charge in [-0.05, 0) is 52.0 Å². The Morgan fingerprint density at radius 2 is 1.85 bits per heavy atom. The van der Waals surface area contributed by atoms with Crippen molar-refractivity contribution in [3.63, 3.8) is 0 Å². The maximum Gasteiger partial charge on any atom is 0.258 e. The zero-order valence-corrected chi connectivity index (χ0v) is 24.4. The molecule has 0 aliphatic carbocycles. The number of hydrazine groups is 1. The minimum atomic E-state index is -1.30. The Balaban J connectivity index is 1.68. The van der Waals surface area contributed by atoms with Crippen molar-refractivity contribution in [1.29, 1.82) is 0 Å². The topological polar surface area (TPSA) is 144 Å². The molecule has 0 radical (unpaired) electrons. The fraction of sp³-hybridized carbons (Fsp3) is 0.500. The van der Waals surface area contributed by atoms with E-state index in [-0.39, 0.29) is 17.0 Å². The van der Waals surface area contributed by atoms with Gasteiger partial charge in [0.15, 0.2) is 5.82 Å². The van der Waals surface area contributed by atoms with E-state index >= 15 is 4.39 Å². The monoisotopic (exact) mass is 568 g/mol. The van der Waals surface area contributed by atoms with Crippen molar-refractivity contribution < 1.29 is 28.7 Å². The van der Waals surface area contributed by atoms with Gasteiger partial charge in [0.2, 0.25) is 11.8 Å². The van der Waals surface area contributed by atoms with Gasteiger partial charge in [-0.3, -0.25) is 19.4 Å². The number of fused-ring (bicyclic) bond motifs is 1. The first-order valence-electron chi connectivity index (χ1n) is 13.9. The van der Waals surface area contributed by atoms with E-state index in [9.17, 15) is 24.3 Å². The van der Waals surface area contributed by atoms with Crippen LogP contribution < -0.4 is 21.2 Å². The third-order valence-corrected chi connectivity index (χ3v) is 7.22. The fourth-order valence-electron chi connectivity index (χ4n) is 4.49. The summed E-state index contributed by atoms with van der Waals surface area (Å²) in [5.41, 5.74) is 2.85. The smallest absolute Gasteiger partial charge is 0.258 e. The standard InChI is InChI=1S/C30H40FN5O5/c1-7-21-13-12-20-11-10-19(23(31)25(20)33-21)14-15-30(5,6)29(41)34-24(17(2)3)26(37)32-18(4)27(38)36-16-8-9-22(35-36)28(39)40/h10-15,17-18,22,24,35H,7-9,16H2,1-6H3,(H,32,37)(H,34,41)(H,39,40)/p-1/b15-14+/t18?,22-,24-/m0/s1. The number of rotatable bonds is 10. The maximum atomic E-state index is 15.2. The van der Waals surface area contributed by atoms with Crippen molar-refractivity contribution in [2.75, 3.05) is 6.54 Å². The molecule has 0 bridgehead atoms. The molecule has 2 heterocycles. The van der Waals surface area contributed by atoms with Gasteiger partial charge in [-0.2, -0.15) is 0 Å². The molecule has 1 aliphatic heterocycles. The van der Waals surface area contributed by atoms with Gasteiger partial charge in [0.05, 0.1) is 17.4 Å². The normalized spacial score (nSPS) is 17.5. The highest BCUT2D eigenvalue weighted by molar-refractivity contribution is 5.94. The van der Waals surface area contributed by atoms with Gasteiger partial charge in [0, 0.05) is 23.2 Å². The van der Waals surface area contributed by atoms with Crippen LogP contribution in [0.25, 0.3) is 17.0 Å². The zero-order chi connectivity index (χ0) is 30.5. The molecule has 222 valence electrons. The van der Waals surface area contributed by atoms with E-state index in [1.54, 1.807) is 45.9 Å². The molecule has 1 aromatic carbocycles. The Labute approximate surface area is 239 Å². The van der Waals surface area contributed by atoms with Crippen LogP contribution in [0.2, 0.25) is 0 Å². The molecular formula is C30H39FN5O5-. The van der Waals surface area contributed by atoms with Crippen LogP contribution in [0.3, 0.4) is 0 Å². The van der Waals surface area contributed by atoms with Gasteiger partial charge in [0.1, 0.15) is 17.6 Å². The van der Waals surface area contributed by atoms with Crippen LogP contribution in [0.15, 0.2) is 30.3 Å². The van der Waals surface area contributed by atoms with Crippen LogP contribution in [-0.4, -0.2) is 58.4 Å². The molecule has 3 atom stereocenters. The summed E-state index contributed by atoms with van der Waals surface area (Å²) in [6.07, 6.45) is 4.60. The molecule has 3 amide bonds. The van der Waals surface area contributed by atoms with Crippen LogP contribution in [0.4, 0.5) is 4.39 Å². The van der Waals surface area contributed by atoms with E-state index in [0.29, 0.717) is 31.2 Å². The van der Waals surface area contributed by atoms with Crippen LogP contribution >= 0.6 is 0 Å². The number of carboxylic acids is 1. The van der Waals surface area contributed by atoms with Gasteiger partial charge >= 0.3 is 0 Å². The number of aromatic nitrogens is 1. The van der Waals surface area contributed by atoms with Crippen molar-refractivity contribution in [1.82, 2.24) is 26.1 Å². The van der Waals surface area contributed by atoms with Gasteiger partial charge in [-0.15, -0.1) is 0 Å². The second-order valence-electron chi connectivity index (χ2n) is 11.3. The summed E-state index contributed by atoms with van der Waals surface area (Å²) in [5, 5.41) is 18.4. The lowest BCUT2D eigenvalue weighted by Crippen LogP contribution is -2.62. The first kappa shape index (κ1) is 31.7. The molecule has 3 N–H and O–H groups in total. The highest BCUT2D eigenvalue weighted by atomic mass is 19.1. The predicted octanol–water partition coefficient (Wildman–Crippen LogP) is 1.87. The number of aryl methyl sites for hydroxylation is 1. The molecule has 1 saturated heterocycles. The van der Waals surface area contributed by atoms with Gasteiger partial charge in [-0.1, -0.05) is 51.1 Å². The third kappa shape index (κ3) is 7.66. The minimum absolute atomic E-state index is 0.267. The quantitative estimate of drug-likeness (QED) is 0.397. The van der Waals surface area contributed by atoms with Crippen molar-refractivity contribution in [2.24, 2.45) is 11.3 Å². The largest absolute Gasteiger partial charge is 0.548 e. The second-order valence-corrected chi connectivity index (χ2v) is 11.3. The Morgan fingerprint density at radius 1 is 1.17 bits per heavy atom. The van der Waals surface area contributed by atoms with Gasteiger partial charge < -0.3 is 20.5 Å². The first-order valence-corrected chi connectivity index (χ1v) is 13.9. The number of hydrogen-bond donors (Lipinski definition) is 3. The summed E-state index contributed by atoms with van der Waals surface area (Å²) in [7, 11) is 0. The molecule has 11 heteroatoms. The number of carboxylic acid groups (broad SMARTS) is 1. The number of nitrogens with one attached hydrogen (secondary N) is 3. The lowest BCUT2D eigenvalue weighted by atomic mass is 9.89. The lowest BCUT2D eigenvalue weighted by molar-refractivity contribution is -0.310. The van der Waals surface area contributed by atoms with E-state index in [2.05, 4.69) is 21.0 Å². The number of hydrogen-bond acceptors (Lipinski definition) is 7. The van der Waals surface area contributed by atoms with Crippen LogP contribution in [0, 0.1) is 17.2 Å². The van der Waals surface area contributed by atoms with Gasteiger partial charge in [0.25, 0.3) is 5.91 Å². The number of benzene rings is 1. The predicted molar refractivity (Wildman–Crippen MR) is 151 cm³/mol. The molecule has 41 heavy (non-hydrogen) atoms. The van der Waals surface area contributed by atoms with E-state index in [1.165, 1.54) is 18.0 Å². The minimum Gasteiger partial charge on any atom is -0.548 e. The molecule has 1 aromatic heterocycles. The van der Waals surface area contributed by atoms with Crippen molar-refractivity contribution >= 4 is 40.7 Å². The highest BCUT2D eigenvalue weighted by Crippen LogP contribution is 2.25. The van der Waals surface area contributed by atoms with Gasteiger partial charge in [-0.25, -0.2) is 14.8 Å². The number of aliphatic carboxylic acids is 1. The van der Waals surface area contributed by atoms with E-state index in [1.807, 2.05) is 19.1 Å².